The van der Waals surface area contributed by atoms with Crippen molar-refractivity contribution in [1.29, 1.82) is 0 Å². The molecule has 1 aliphatic heterocycles. The maximum atomic E-state index is 11.6. The molecule has 1 fully saturated rings. The average molecular weight is 269 g/mol. The monoisotopic (exact) mass is 269 g/mol. The molecule has 0 aliphatic carbocycles. The molecule has 0 spiro atoms. The van der Waals surface area contributed by atoms with Crippen molar-refractivity contribution >= 4 is 17.6 Å². The lowest BCUT2D eigenvalue weighted by Gasteiger charge is -2.09. The molecule has 0 atom stereocenters. The first-order chi connectivity index (χ1) is 9.63. The van der Waals surface area contributed by atoms with Gasteiger partial charge >= 0.3 is 0 Å². The van der Waals surface area contributed by atoms with E-state index in [4.69, 9.17) is 0 Å². The Balaban J connectivity index is 1.78. The Morgan fingerprint density at radius 1 is 1.05 bits per heavy atom. The number of rotatable bonds is 3. The standard InChI is InChI=1S/C15H15N3O2/c1-11-2-4-12(5-3-11)10-17-9-8-13(16-17)18-14(19)6-7-15(18)20/h2-5,8-9H,6-7,10H2,1H3. The van der Waals surface area contributed by atoms with Crippen molar-refractivity contribution in [3.05, 3.63) is 47.7 Å². The van der Waals surface area contributed by atoms with Crippen LogP contribution in [0.4, 0.5) is 5.82 Å². The van der Waals surface area contributed by atoms with E-state index in [1.807, 2.05) is 31.2 Å². The number of hydrogen-bond donors (Lipinski definition) is 0. The van der Waals surface area contributed by atoms with Crippen LogP contribution in [0.5, 0.6) is 0 Å². The quantitative estimate of drug-likeness (QED) is 0.800. The van der Waals surface area contributed by atoms with E-state index >= 15 is 0 Å². The van der Waals surface area contributed by atoms with Gasteiger partial charge in [-0.25, -0.2) is 4.90 Å². The molecule has 0 unspecified atom stereocenters. The van der Waals surface area contributed by atoms with Gasteiger partial charge in [0.15, 0.2) is 5.82 Å². The van der Waals surface area contributed by atoms with Gasteiger partial charge in [0.2, 0.25) is 11.8 Å². The number of amides is 2. The molecule has 2 aromatic rings. The van der Waals surface area contributed by atoms with Gasteiger partial charge in [-0.2, -0.15) is 5.10 Å². The normalized spacial score (nSPS) is 15.2. The third kappa shape index (κ3) is 2.34. The second-order valence-corrected chi connectivity index (χ2v) is 4.98. The second kappa shape index (κ2) is 4.92. The molecule has 1 saturated heterocycles. The summed E-state index contributed by atoms with van der Waals surface area (Å²) >= 11 is 0. The van der Waals surface area contributed by atoms with Gasteiger partial charge in [-0.05, 0) is 12.5 Å². The van der Waals surface area contributed by atoms with E-state index < -0.39 is 0 Å². The van der Waals surface area contributed by atoms with Crippen LogP contribution >= 0.6 is 0 Å². The zero-order valence-corrected chi connectivity index (χ0v) is 11.2. The van der Waals surface area contributed by atoms with Gasteiger partial charge in [-0.1, -0.05) is 29.8 Å². The molecule has 1 aromatic carbocycles. The maximum absolute atomic E-state index is 11.6. The summed E-state index contributed by atoms with van der Waals surface area (Å²) in [6.45, 7) is 2.66. The minimum Gasteiger partial charge on any atom is -0.274 e. The van der Waals surface area contributed by atoms with Gasteiger partial charge in [0.1, 0.15) is 0 Å². The second-order valence-electron chi connectivity index (χ2n) is 4.98. The Kier molecular flexibility index (Phi) is 3.10. The van der Waals surface area contributed by atoms with Crippen molar-refractivity contribution in [3.63, 3.8) is 0 Å². The molecular formula is C15H15N3O2. The zero-order chi connectivity index (χ0) is 14.1. The summed E-state index contributed by atoms with van der Waals surface area (Å²) < 4.78 is 1.74. The van der Waals surface area contributed by atoms with Crippen LogP contribution < -0.4 is 4.90 Å². The minimum absolute atomic E-state index is 0.171. The van der Waals surface area contributed by atoms with Crippen LogP contribution in [0.1, 0.15) is 24.0 Å². The summed E-state index contributed by atoms with van der Waals surface area (Å²) in [6, 6.07) is 9.89. The predicted molar refractivity (Wildman–Crippen MR) is 74.2 cm³/mol. The molecule has 5 heteroatoms. The Labute approximate surface area is 116 Å². The summed E-state index contributed by atoms with van der Waals surface area (Å²) in [6.07, 6.45) is 2.35. The van der Waals surface area contributed by atoms with Gasteiger partial charge in [0.05, 0.1) is 6.54 Å². The molecule has 0 N–H and O–H groups in total. The Bertz CT molecular complexity index is 642. The third-order valence-electron chi connectivity index (χ3n) is 3.37. The van der Waals surface area contributed by atoms with Crippen LogP contribution in [0.2, 0.25) is 0 Å². The molecule has 1 aromatic heterocycles. The summed E-state index contributed by atoms with van der Waals surface area (Å²) in [5, 5.41) is 4.31. The Morgan fingerprint density at radius 3 is 2.35 bits per heavy atom. The molecule has 102 valence electrons. The highest BCUT2D eigenvalue weighted by molar-refractivity contribution is 6.19. The van der Waals surface area contributed by atoms with E-state index in [9.17, 15) is 9.59 Å². The van der Waals surface area contributed by atoms with Crippen LogP contribution in [0, 0.1) is 6.92 Å². The van der Waals surface area contributed by atoms with Crippen molar-refractivity contribution in [2.75, 3.05) is 4.90 Å². The van der Waals surface area contributed by atoms with Crippen LogP contribution in [0.25, 0.3) is 0 Å². The number of carbonyl (C=O) groups is 2. The lowest BCUT2D eigenvalue weighted by Crippen LogP contribution is -2.29. The van der Waals surface area contributed by atoms with Crippen molar-refractivity contribution in [2.24, 2.45) is 0 Å². The minimum atomic E-state index is -0.171. The molecule has 2 amide bonds. The fourth-order valence-electron chi connectivity index (χ4n) is 2.27. The summed E-state index contributed by atoms with van der Waals surface area (Å²) in [7, 11) is 0. The lowest BCUT2D eigenvalue weighted by molar-refractivity contribution is -0.121. The highest BCUT2D eigenvalue weighted by Gasteiger charge is 2.31. The first-order valence-corrected chi connectivity index (χ1v) is 6.58. The van der Waals surface area contributed by atoms with E-state index in [2.05, 4.69) is 5.10 Å². The first kappa shape index (κ1) is 12.6. The van der Waals surface area contributed by atoms with Gasteiger partial charge in [0.25, 0.3) is 0 Å². The molecule has 20 heavy (non-hydrogen) atoms. The van der Waals surface area contributed by atoms with E-state index in [0.29, 0.717) is 12.4 Å². The van der Waals surface area contributed by atoms with Gasteiger partial charge in [-0.3, -0.25) is 14.3 Å². The number of hydrogen-bond acceptors (Lipinski definition) is 3. The smallest absolute Gasteiger partial charge is 0.235 e. The number of benzene rings is 1. The summed E-state index contributed by atoms with van der Waals surface area (Å²) in [5.41, 5.74) is 2.34. The molecule has 0 saturated carbocycles. The summed E-state index contributed by atoms with van der Waals surface area (Å²) in [4.78, 5) is 24.5. The molecular weight excluding hydrogens is 254 g/mol. The number of aromatic nitrogens is 2. The Hall–Kier alpha value is -2.43. The fraction of sp³-hybridized carbons (Fsp3) is 0.267. The predicted octanol–water partition coefficient (Wildman–Crippen LogP) is 1.89. The van der Waals surface area contributed by atoms with Crippen LogP contribution in [0.15, 0.2) is 36.5 Å². The van der Waals surface area contributed by atoms with Gasteiger partial charge < -0.3 is 0 Å². The third-order valence-corrected chi connectivity index (χ3v) is 3.37. The van der Waals surface area contributed by atoms with Crippen molar-refractivity contribution < 1.29 is 9.59 Å². The molecule has 1 aliphatic rings. The average Bonchev–Trinajstić information content (AvgIpc) is 3.00. The highest BCUT2D eigenvalue weighted by atomic mass is 16.2. The maximum Gasteiger partial charge on any atom is 0.235 e. The number of anilines is 1. The number of imide groups is 1. The van der Waals surface area contributed by atoms with Crippen LogP contribution in [-0.2, 0) is 16.1 Å². The molecule has 0 radical (unpaired) electrons. The van der Waals surface area contributed by atoms with Gasteiger partial charge in [-0.15, -0.1) is 0 Å². The lowest BCUT2D eigenvalue weighted by atomic mass is 10.1. The summed E-state index contributed by atoms with van der Waals surface area (Å²) in [5.74, 6) is 0.0794. The van der Waals surface area contributed by atoms with E-state index in [1.54, 1.807) is 16.9 Å². The SMILES string of the molecule is Cc1ccc(Cn2ccc(N3C(=O)CCC3=O)n2)cc1. The van der Waals surface area contributed by atoms with Crippen LogP contribution in [-0.4, -0.2) is 21.6 Å². The molecule has 3 rings (SSSR count). The molecule has 0 bridgehead atoms. The van der Waals surface area contributed by atoms with E-state index in [-0.39, 0.29) is 24.7 Å². The number of carbonyl (C=O) groups excluding carboxylic acids is 2. The van der Waals surface area contributed by atoms with Gasteiger partial charge in [0, 0.05) is 25.1 Å². The Morgan fingerprint density at radius 2 is 1.70 bits per heavy atom. The first-order valence-electron chi connectivity index (χ1n) is 6.58. The van der Waals surface area contributed by atoms with Crippen molar-refractivity contribution in [2.45, 2.75) is 26.3 Å². The number of nitrogens with zero attached hydrogens (tertiary/aromatic N) is 3. The highest BCUT2D eigenvalue weighted by Crippen LogP contribution is 2.20. The van der Waals surface area contributed by atoms with E-state index in [0.717, 1.165) is 5.56 Å². The van der Waals surface area contributed by atoms with Crippen molar-refractivity contribution in [1.82, 2.24) is 9.78 Å². The van der Waals surface area contributed by atoms with Crippen LogP contribution in [0.3, 0.4) is 0 Å². The van der Waals surface area contributed by atoms with E-state index in [1.165, 1.54) is 10.5 Å². The largest absolute Gasteiger partial charge is 0.274 e. The zero-order valence-electron chi connectivity index (χ0n) is 11.2. The fourth-order valence-corrected chi connectivity index (χ4v) is 2.27. The molecule has 2 heterocycles. The topological polar surface area (TPSA) is 55.2 Å². The number of aryl methyl sites for hydroxylation is 1. The van der Waals surface area contributed by atoms with Crippen molar-refractivity contribution in [3.8, 4) is 0 Å². The molecule has 5 nitrogen and oxygen atoms in total.